The zero-order valence-electron chi connectivity index (χ0n) is 24.2. The van der Waals surface area contributed by atoms with Crippen LogP contribution in [-0.2, 0) is 23.9 Å². The van der Waals surface area contributed by atoms with Crippen molar-refractivity contribution in [1.82, 2.24) is 4.90 Å². The third-order valence-electron chi connectivity index (χ3n) is 9.07. The van der Waals surface area contributed by atoms with Crippen molar-refractivity contribution in [1.29, 1.82) is 0 Å². The summed E-state index contributed by atoms with van der Waals surface area (Å²) in [6, 6.07) is 6.84. The number of benzene rings is 1. The Bertz CT molecular complexity index is 1130. The van der Waals surface area contributed by atoms with Gasteiger partial charge in [0.1, 0.15) is 24.2 Å². The summed E-state index contributed by atoms with van der Waals surface area (Å²) in [6.07, 6.45) is 3.91. The second-order valence-electron chi connectivity index (χ2n) is 11.2. The lowest BCUT2D eigenvalue weighted by Gasteiger charge is -2.37. The van der Waals surface area contributed by atoms with E-state index in [-0.39, 0.29) is 44.0 Å². The monoisotopic (exact) mass is 553 g/mol. The number of hydrogen-bond donors (Lipinski definition) is 1. The summed E-state index contributed by atoms with van der Waals surface area (Å²) in [4.78, 5) is 47.4. The number of aliphatic hydroxyl groups excluding tert-OH is 1. The molecule has 40 heavy (non-hydrogen) atoms. The summed E-state index contributed by atoms with van der Waals surface area (Å²) in [6.45, 7) is 17.6. The van der Waals surface area contributed by atoms with E-state index in [1.165, 1.54) is 11.0 Å². The first-order chi connectivity index (χ1) is 19.1. The smallest absolute Gasteiger partial charge is 0.313 e. The van der Waals surface area contributed by atoms with Gasteiger partial charge in [-0.2, -0.15) is 0 Å². The highest BCUT2D eigenvalue weighted by Crippen LogP contribution is 2.65. The summed E-state index contributed by atoms with van der Waals surface area (Å²) in [5, 5.41) is 9.61. The van der Waals surface area contributed by atoms with Crippen molar-refractivity contribution in [2.24, 2.45) is 17.8 Å². The van der Waals surface area contributed by atoms with Crippen LogP contribution in [0.3, 0.4) is 0 Å². The minimum absolute atomic E-state index is 0.0287. The van der Waals surface area contributed by atoms with Crippen molar-refractivity contribution in [3.05, 3.63) is 49.6 Å². The van der Waals surface area contributed by atoms with Gasteiger partial charge in [0.15, 0.2) is 0 Å². The third-order valence-corrected chi connectivity index (χ3v) is 9.07. The number of likely N-dealkylation sites (tertiary alicyclic amines) is 1. The van der Waals surface area contributed by atoms with E-state index < -0.39 is 35.0 Å². The van der Waals surface area contributed by atoms with Gasteiger partial charge in [-0.15, -0.1) is 6.58 Å². The van der Waals surface area contributed by atoms with Crippen molar-refractivity contribution in [3.63, 3.8) is 0 Å². The molecule has 4 rings (SSSR count). The number of anilines is 2. The Kier molecular flexibility index (Phi) is 8.75. The van der Waals surface area contributed by atoms with Crippen molar-refractivity contribution >= 4 is 29.2 Å². The topological polar surface area (TPSA) is 99.6 Å². The Balaban J connectivity index is 1.77. The summed E-state index contributed by atoms with van der Waals surface area (Å²) in [5.74, 6) is -2.90. The van der Waals surface area contributed by atoms with Gasteiger partial charge in [0.25, 0.3) is 5.91 Å². The van der Waals surface area contributed by atoms with Gasteiger partial charge in [-0.1, -0.05) is 25.7 Å². The van der Waals surface area contributed by atoms with Gasteiger partial charge < -0.3 is 29.3 Å². The summed E-state index contributed by atoms with van der Waals surface area (Å²) < 4.78 is 12.2. The van der Waals surface area contributed by atoms with Gasteiger partial charge in [0.05, 0.1) is 11.5 Å². The fourth-order valence-corrected chi connectivity index (χ4v) is 7.12. The SMILES string of the molecule is C=CCOC(=O)[C@H]1[C@H]2C(=O)N(CCCO)C(C(=O)N(CC=C)c3ccc(N(CC)CC)cc3)C23CC(C)[C@]1(C)O3. The van der Waals surface area contributed by atoms with Crippen LogP contribution in [0.15, 0.2) is 49.6 Å². The van der Waals surface area contributed by atoms with Crippen LogP contribution in [0.2, 0.25) is 0 Å². The molecule has 3 heterocycles. The average molecular weight is 554 g/mol. The molecule has 0 aromatic heterocycles. The van der Waals surface area contributed by atoms with Crippen LogP contribution >= 0.6 is 0 Å². The lowest BCUT2D eigenvalue weighted by Crippen LogP contribution is -2.57. The number of esters is 1. The van der Waals surface area contributed by atoms with E-state index in [1.54, 1.807) is 11.0 Å². The van der Waals surface area contributed by atoms with E-state index >= 15 is 0 Å². The zero-order chi connectivity index (χ0) is 29.2. The molecule has 2 bridgehead atoms. The van der Waals surface area contributed by atoms with Crippen LogP contribution in [0.25, 0.3) is 0 Å². The van der Waals surface area contributed by atoms with Gasteiger partial charge in [-0.3, -0.25) is 14.4 Å². The van der Waals surface area contributed by atoms with Crippen molar-refractivity contribution in [3.8, 4) is 0 Å². The number of ether oxygens (including phenoxy) is 2. The Morgan fingerprint density at radius 2 is 1.82 bits per heavy atom. The molecule has 0 radical (unpaired) electrons. The number of nitrogens with zero attached hydrogens (tertiary/aromatic N) is 3. The third kappa shape index (κ3) is 4.63. The van der Waals surface area contributed by atoms with E-state index in [2.05, 4.69) is 31.9 Å². The standard InChI is InChI=1S/C31H43N3O6/c1-7-16-33(23-14-12-22(13-15-23)32(9-3)10-4)28(37)26-31-20-21(5)30(6,40-31)25(29(38)39-19-8-2)24(31)27(36)34(26)17-11-18-35/h7-8,12-15,21,24-26,35H,1-2,9-11,16-20H2,3-6H3/t21?,24-,25+,26?,30-,31?/m0/s1. The Morgan fingerprint density at radius 3 is 2.40 bits per heavy atom. The molecule has 9 nitrogen and oxygen atoms in total. The van der Waals surface area contributed by atoms with Crippen LogP contribution < -0.4 is 9.80 Å². The predicted octanol–water partition coefficient (Wildman–Crippen LogP) is 3.17. The van der Waals surface area contributed by atoms with Crippen molar-refractivity contribution in [2.45, 2.75) is 57.8 Å². The normalized spacial score (nSPS) is 30.2. The van der Waals surface area contributed by atoms with Gasteiger partial charge in [-0.25, -0.2) is 0 Å². The van der Waals surface area contributed by atoms with Gasteiger partial charge >= 0.3 is 5.97 Å². The molecule has 0 aliphatic carbocycles. The second-order valence-corrected chi connectivity index (χ2v) is 11.2. The van der Waals surface area contributed by atoms with E-state index in [0.717, 1.165) is 18.8 Å². The summed E-state index contributed by atoms with van der Waals surface area (Å²) >= 11 is 0. The highest BCUT2D eigenvalue weighted by Gasteiger charge is 2.80. The number of carbonyl (C=O) groups excluding carboxylic acids is 3. The molecule has 9 heteroatoms. The zero-order valence-corrected chi connectivity index (χ0v) is 24.2. The molecule has 3 saturated heterocycles. The molecule has 2 amide bonds. The van der Waals surface area contributed by atoms with Crippen molar-refractivity contribution in [2.75, 3.05) is 49.2 Å². The molecule has 1 N–H and O–H groups in total. The molecule has 3 fully saturated rings. The largest absolute Gasteiger partial charge is 0.461 e. The first-order valence-electron chi connectivity index (χ1n) is 14.3. The van der Waals surface area contributed by atoms with E-state index in [1.807, 2.05) is 38.1 Å². The lowest BCUT2D eigenvalue weighted by molar-refractivity contribution is -0.160. The molecule has 3 unspecified atom stereocenters. The Hall–Kier alpha value is -3.17. The van der Waals surface area contributed by atoms with Crippen LogP contribution in [0.1, 0.15) is 40.5 Å². The summed E-state index contributed by atoms with van der Waals surface area (Å²) in [5.41, 5.74) is -0.395. The molecule has 218 valence electrons. The predicted molar refractivity (Wildman–Crippen MR) is 154 cm³/mol. The molecular formula is C31H43N3O6. The maximum Gasteiger partial charge on any atom is 0.313 e. The molecule has 1 aromatic carbocycles. The molecule has 0 saturated carbocycles. The highest BCUT2D eigenvalue weighted by molar-refractivity contribution is 6.05. The minimum atomic E-state index is -1.18. The quantitative estimate of drug-likeness (QED) is 0.296. The van der Waals surface area contributed by atoms with Gasteiger partial charge in [0, 0.05) is 44.2 Å². The number of aliphatic hydroxyl groups is 1. The fraction of sp³-hybridized carbons (Fsp3) is 0.581. The second kappa shape index (κ2) is 11.7. The maximum absolute atomic E-state index is 14.6. The molecule has 3 aliphatic heterocycles. The molecule has 1 aromatic rings. The highest BCUT2D eigenvalue weighted by atomic mass is 16.6. The Labute approximate surface area is 237 Å². The minimum Gasteiger partial charge on any atom is -0.461 e. The molecular weight excluding hydrogens is 510 g/mol. The first kappa shape index (κ1) is 29.8. The van der Waals surface area contributed by atoms with E-state index in [4.69, 9.17) is 9.47 Å². The first-order valence-corrected chi connectivity index (χ1v) is 14.3. The van der Waals surface area contributed by atoms with Crippen LogP contribution in [0, 0.1) is 17.8 Å². The van der Waals surface area contributed by atoms with Crippen LogP contribution in [0.4, 0.5) is 11.4 Å². The van der Waals surface area contributed by atoms with Crippen LogP contribution in [-0.4, -0.2) is 84.4 Å². The number of carbonyl (C=O) groups is 3. The maximum atomic E-state index is 14.6. The molecule has 1 spiro atoms. The number of hydrogen-bond acceptors (Lipinski definition) is 7. The summed E-state index contributed by atoms with van der Waals surface area (Å²) in [7, 11) is 0. The van der Waals surface area contributed by atoms with E-state index in [9.17, 15) is 19.5 Å². The van der Waals surface area contributed by atoms with Crippen molar-refractivity contribution < 1.29 is 29.0 Å². The molecule has 6 atom stereocenters. The number of rotatable bonds is 13. The van der Waals surface area contributed by atoms with Gasteiger partial charge in [-0.05, 0) is 63.8 Å². The van der Waals surface area contributed by atoms with Gasteiger partial charge in [0.2, 0.25) is 5.91 Å². The molecule has 3 aliphatic rings. The number of fused-ring (bicyclic) bond motifs is 1. The average Bonchev–Trinajstić information content (AvgIpc) is 3.46. The Morgan fingerprint density at radius 1 is 1.18 bits per heavy atom. The van der Waals surface area contributed by atoms with Crippen LogP contribution in [0.5, 0.6) is 0 Å². The fourth-order valence-electron chi connectivity index (χ4n) is 7.12. The lowest BCUT2D eigenvalue weighted by atomic mass is 9.62. The number of amides is 2. The van der Waals surface area contributed by atoms with E-state index in [0.29, 0.717) is 18.5 Å².